The molecule has 0 amide bonds. The van der Waals surface area contributed by atoms with E-state index in [0.29, 0.717) is 13.0 Å². The van der Waals surface area contributed by atoms with Crippen LogP contribution >= 0.6 is 0 Å². The predicted octanol–water partition coefficient (Wildman–Crippen LogP) is 1.56. The highest BCUT2D eigenvalue weighted by Gasteiger charge is 2.24. The molecule has 1 unspecified atom stereocenters. The summed E-state index contributed by atoms with van der Waals surface area (Å²) in [6, 6.07) is 6.90. The van der Waals surface area contributed by atoms with Crippen molar-refractivity contribution < 1.29 is 14.6 Å². The van der Waals surface area contributed by atoms with Gasteiger partial charge in [-0.2, -0.15) is 0 Å². The van der Waals surface area contributed by atoms with Gasteiger partial charge in [0.1, 0.15) is 6.04 Å². The second-order valence-corrected chi connectivity index (χ2v) is 5.12. The van der Waals surface area contributed by atoms with E-state index < -0.39 is 12.0 Å². The molecular formula is C14H21NO3. The molecule has 1 atom stereocenters. The summed E-state index contributed by atoms with van der Waals surface area (Å²) in [5.41, 5.74) is 7.49. The number of rotatable bonds is 6. The van der Waals surface area contributed by atoms with Crippen molar-refractivity contribution >= 4 is 5.97 Å². The van der Waals surface area contributed by atoms with Crippen LogP contribution in [-0.2, 0) is 21.4 Å². The Kier molecular flexibility index (Phi) is 4.87. The smallest absolute Gasteiger partial charge is 0.320 e. The molecule has 0 aliphatic rings. The lowest BCUT2D eigenvalue weighted by atomic mass is 9.81. The lowest BCUT2D eigenvalue weighted by Crippen LogP contribution is -2.34. The molecule has 0 aromatic heterocycles. The van der Waals surface area contributed by atoms with Gasteiger partial charge in [0.2, 0.25) is 0 Å². The second-order valence-electron chi connectivity index (χ2n) is 5.12. The summed E-state index contributed by atoms with van der Waals surface area (Å²) in [6.07, 6.45) is 0.332. The van der Waals surface area contributed by atoms with Crippen molar-refractivity contribution in [3.63, 3.8) is 0 Å². The summed E-state index contributed by atoms with van der Waals surface area (Å²) in [5, 5.41) is 8.89. The maximum absolute atomic E-state index is 10.8. The van der Waals surface area contributed by atoms with Gasteiger partial charge >= 0.3 is 5.97 Å². The first-order chi connectivity index (χ1) is 8.38. The molecule has 0 saturated heterocycles. The van der Waals surface area contributed by atoms with Crippen LogP contribution in [0, 0.1) is 0 Å². The maximum atomic E-state index is 10.8. The Bertz CT molecular complexity index is 415. The molecule has 0 bridgehead atoms. The zero-order chi connectivity index (χ0) is 13.8. The summed E-state index contributed by atoms with van der Waals surface area (Å²) in [4.78, 5) is 10.8. The van der Waals surface area contributed by atoms with Crippen LogP contribution in [0.2, 0.25) is 0 Å². The number of aliphatic carboxylic acids is 1. The zero-order valence-electron chi connectivity index (χ0n) is 11.1. The van der Waals surface area contributed by atoms with E-state index in [1.807, 2.05) is 24.3 Å². The highest BCUT2D eigenvalue weighted by molar-refractivity contribution is 5.73. The molecule has 1 aromatic rings. The average molecular weight is 251 g/mol. The van der Waals surface area contributed by atoms with Crippen LogP contribution in [0.5, 0.6) is 0 Å². The van der Waals surface area contributed by atoms with Crippen LogP contribution in [0.25, 0.3) is 0 Å². The lowest BCUT2D eigenvalue weighted by Gasteiger charge is -2.27. The van der Waals surface area contributed by atoms with Crippen LogP contribution in [0.1, 0.15) is 25.0 Å². The van der Waals surface area contributed by atoms with E-state index >= 15 is 0 Å². The molecule has 0 radical (unpaired) electrons. The monoisotopic (exact) mass is 251 g/mol. The fourth-order valence-electron chi connectivity index (χ4n) is 2.12. The minimum atomic E-state index is -0.977. The minimum absolute atomic E-state index is 0.163. The van der Waals surface area contributed by atoms with E-state index in [4.69, 9.17) is 15.6 Å². The van der Waals surface area contributed by atoms with Gasteiger partial charge in [0.05, 0.1) is 6.61 Å². The first kappa shape index (κ1) is 14.7. The number of carboxylic acids is 1. The Labute approximate surface area is 108 Å². The molecule has 1 aromatic carbocycles. The molecule has 0 aliphatic heterocycles. The van der Waals surface area contributed by atoms with E-state index in [2.05, 4.69) is 13.8 Å². The number of benzene rings is 1. The Hall–Kier alpha value is -1.39. The third-order valence-corrected chi connectivity index (χ3v) is 3.01. The van der Waals surface area contributed by atoms with E-state index in [1.54, 1.807) is 7.11 Å². The van der Waals surface area contributed by atoms with Gasteiger partial charge < -0.3 is 15.6 Å². The van der Waals surface area contributed by atoms with Crippen molar-refractivity contribution in [1.82, 2.24) is 0 Å². The first-order valence-corrected chi connectivity index (χ1v) is 5.94. The fourth-order valence-corrected chi connectivity index (χ4v) is 2.12. The van der Waals surface area contributed by atoms with Gasteiger partial charge in [0.15, 0.2) is 0 Å². The van der Waals surface area contributed by atoms with Crippen LogP contribution in [-0.4, -0.2) is 30.8 Å². The topological polar surface area (TPSA) is 72.5 Å². The fraction of sp³-hybridized carbons (Fsp3) is 0.500. The third-order valence-electron chi connectivity index (χ3n) is 3.01. The van der Waals surface area contributed by atoms with Crippen molar-refractivity contribution in [2.24, 2.45) is 5.73 Å². The number of methoxy groups -OCH3 is 1. The van der Waals surface area contributed by atoms with Gasteiger partial charge in [-0.1, -0.05) is 38.1 Å². The molecule has 4 nitrogen and oxygen atoms in total. The largest absolute Gasteiger partial charge is 0.480 e. The van der Waals surface area contributed by atoms with Crippen molar-refractivity contribution in [2.75, 3.05) is 13.7 Å². The molecule has 1 rings (SSSR count). The highest BCUT2D eigenvalue weighted by Crippen LogP contribution is 2.27. The average Bonchev–Trinajstić information content (AvgIpc) is 2.29. The Morgan fingerprint density at radius 2 is 2.06 bits per heavy atom. The molecule has 18 heavy (non-hydrogen) atoms. The molecular weight excluding hydrogens is 230 g/mol. The summed E-state index contributed by atoms with van der Waals surface area (Å²) in [5.74, 6) is -0.977. The van der Waals surface area contributed by atoms with Gasteiger partial charge in [-0.25, -0.2) is 0 Å². The van der Waals surface area contributed by atoms with Gasteiger partial charge in [-0.15, -0.1) is 0 Å². The van der Waals surface area contributed by atoms with Gasteiger partial charge in [0, 0.05) is 12.5 Å². The molecule has 3 N–H and O–H groups in total. The highest BCUT2D eigenvalue weighted by atomic mass is 16.5. The zero-order valence-corrected chi connectivity index (χ0v) is 11.1. The molecule has 0 heterocycles. The standard InChI is InChI=1S/C14H21NO3/c1-14(2,9-18-3)11-7-5-4-6-10(11)8-12(15)13(16)17/h4-7,12H,8-9,15H2,1-3H3,(H,16,17). The Morgan fingerprint density at radius 3 is 2.61 bits per heavy atom. The normalized spacial score (nSPS) is 13.3. The van der Waals surface area contributed by atoms with Crippen molar-refractivity contribution in [2.45, 2.75) is 31.7 Å². The SMILES string of the molecule is COCC(C)(C)c1ccccc1CC(N)C(=O)O. The molecule has 4 heteroatoms. The molecule has 0 aliphatic carbocycles. The van der Waals surface area contributed by atoms with Gasteiger partial charge in [-0.3, -0.25) is 4.79 Å². The third kappa shape index (κ3) is 3.55. The number of carboxylic acid groups (broad SMARTS) is 1. The van der Waals surface area contributed by atoms with Crippen LogP contribution < -0.4 is 5.73 Å². The molecule has 100 valence electrons. The van der Waals surface area contributed by atoms with E-state index in [1.165, 1.54) is 0 Å². The quantitative estimate of drug-likeness (QED) is 0.805. The molecule has 0 fully saturated rings. The van der Waals surface area contributed by atoms with Crippen molar-refractivity contribution in [1.29, 1.82) is 0 Å². The summed E-state index contributed by atoms with van der Waals surface area (Å²) in [6.45, 7) is 4.72. The minimum Gasteiger partial charge on any atom is -0.480 e. The molecule has 0 saturated carbocycles. The van der Waals surface area contributed by atoms with Gasteiger partial charge in [0.25, 0.3) is 0 Å². The number of hydrogen-bond acceptors (Lipinski definition) is 3. The number of hydrogen-bond donors (Lipinski definition) is 2. The van der Waals surface area contributed by atoms with E-state index in [-0.39, 0.29) is 5.41 Å². The first-order valence-electron chi connectivity index (χ1n) is 5.94. The van der Waals surface area contributed by atoms with Crippen molar-refractivity contribution in [3.8, 4) is 0 Å². The van der Waals surface area contributed by atoms with Crippen LogP contribution in [0.3, 0.4) is 0 Å². The number of nitrogens with two attached hydrogens (primary N) is 1. The summed E-state index contributed by atoms with van der Waals surface area (Å²) >= 11 is 0. The number of carbonyl (C=O) groups is 1. The van der Waals surface area contributed by atoms with Gasteiger partial charge in [-0.05, 0) is 17.5 Å². The van der Waals surface area contributed by atoms with Crippen molar-refractivity contribution in [3.05, 3.63) is 35.4 Å². The molecule has 0 spiro atoms. The van der Waals surface area contributed by atoms with E-state index in [0.717, 1.165) is 11.1 Å². The van der Waals surface area contributed by atoms with Crippen LogP contribution in [0.4, 0.5) is 0 Å². The van der Waals surface area contributed by atoms with Crippen LogP contribution in [0.15, 0.2) is 24.3 Å². The van der Waals surface area contributed by atoms with E-state index in [9.17, 15) is 4.79 Å². The maximum Gasteiger partial charge on any atom is 0.320 e. The Balaban J connectivity index is 3.03. The second kappa shape index (κ2) is 5.98. The number of ether oxygens (including phenoxy) is 1. The lowest BCUT2D eigenvalue weighted by molar-refractivity contribution is -0.138. The summed E-state index contributed by atoms with van der Waals surface area (Å²) in [7, 11) is 1.66. The predicted molar refractivity (Wildman–Crippen MR) is 70.7 cm³/mol. The Morgan fingerprint density at radius 1 is 1.44 bits per heavy atom. The summed E-state index contributed by atoms with van der Waals surface area (Å²) < 4.78 is 5.22.